The third-order valence-corrected chi connectivity index (χ3v) is 5.17. The van der Waals surface area contributed by atoms with Crippen LogP contribution in [0.25, 0.3) is 10.2 Å². The zero-order chi connectivity index (χ0) is 19.6. The van der Waals surface area contributed by atoms with Crippen LogP contribution in [0.5, 0.6) is 0 Å². The van der Waals surface area contributed by atoms with Gasteiger partial charge < -0.3 is 10.1 Å². The van der Waals surface area contributed by atoms with Gasteiger partial charge in [0.25, 0.3) is 0 Å². The van der Waals surface area contributed by atoms with Gasteiger partial charge in [0.1, 0.15) is 21.9 Å². The molecule has 0 amide bonds. The zero-order valence-electron chi connectivity index (χ0n) is 15.7. The van der Waals surface area contributed by atoms with Crippen LogP contribution in [0.15, 0.2) is 30.6 Å². The summed E-state index contributed by atoms with van der Waals surface area (Å²) >= 11 is 1.30. The van der Waals surface area contributed by atoms with E-state index in [1.54, 1.807) is 12.1 Å². The molecule has 27 heavy (non-hydrogen) atoms. The number of nitrogens with one attached hydrogen (secondary N) is 1. The smallest absolute Gasteiger partial charge is 0.348 e. The molecule has 3 rings (SSSR count). The van der Waals surface area contributed by atoms with Gasteiger partial charge in [-0.1, -0.05) is 26.0 Å². The second-order valence-electron chi connectivity index (χ2n) is 6.71. The molecular weight excluding hydrogens is 362 g/mol. The van der Waals surface area contributed by atoms with Gasteiger partial charge in [-0.2, -0.15) is 0 Å². The van der Waals surface area contributed by atoms with E-state index in [4.69, 9.17) is 4.74 Å². The number of carbonyl (C=O) groups excluding carboxylic acids is 2. The quantitative estimate of drug-likeness (QED) is 0.488. The van der Waals surface area contributed by atoms with Gasteiger partial charge in [0.15, 0.2) is 5.78 Å². The third kappa shape index (κ3) is 4.14. The highest BCUT2D eigenvalue weighted by Crippen LogP contribution is 2.35. The molecule has 3 aromatic rings. The van der Waals surface area contributed by atoms with Crippen molar-refractivity contribution in [1.29, 1.82) is 0 Å². The fraction of sp³-hybridized carbons (Fsp3) is 0.300. The Kier molecular flexibility index (Phi) is 5.51. The molecule has 2 aromatic heterocycles. The summed E-state index contributed by atoms with van der Waals surface area (Å²) < 4.78 is 5.37. The highest BCUT2D eigenvalue weighted by atomic mass is 32.1. The Balaban J connectivity index is 1.96. The average Bonchev–Trinajstić information content (AvgIpc) is 2.98. The summed E-state index contributed by atoms with van der Waals surface area (Å²) in [5.41, 5.74) is 2.15. The molecule has 0 aliphatic heterocycles. The number of aryl methyl sites for hydroxylation is 1. The standard InChI is InChI=1S/C20H21N3O3S/c1-11(2)9-26-20(25)17-12(3)16-18(21-10-22-19(16)27-17)23-15-7-5-6-14(8-15)13(4)24/h5-8,10-11H,9H2,1-4H3,(H,21,22,23). The first-order chi connectivity index (χ1) is 12.9. The molecule has 0 spiro atoms. The SMILES string of the molecule is CC(=O)c1cccc(Nc2ncnc3sc(C(=O)OCC(C)C)c(C)c23)c1. The largest absolute Gasteiger partial charge is 0.461 e. The van der Waals surface area contributed by atoms with Crippen molar-refractivity contribution in [2.45, 2.75) is 27.7 Å². The molecule has 0 saturated carbocycles. The molecule has 1 aromatic carbocycles. The second kappa shape index (κ2) is 7.84. The lowest BCUT2D eigenvalue weighted by atomic mass is 10.1. The van der Waals surface area contributed by atoms with Crippen LogP contribution in [-0.2, 0) is 4.74 Å². The number of carbonyl (C=O) groups is 2. The maximum Gasteiger partial charge on any atom is 0.348 e. The highest BCUT2D eigenvalue weighted by molar-refractivity contribution is 7.20. The van der Waals surface area contributed by atoms with Crippen molar-refractivity contribution in [2.75, 3.05) is 11.9 Å². The van der Waals surface area contributed by atoms with Gasteiger partial charge in [-0.25, -0.2) is 14.8 Å². The summed E-state index contributed by atoms with van der Waals surface area (Å²) in [6.45, 7) is 7.76. The molecule has 140 valence electrons. The van der Waals surface area contributed by atoms with Crippen molar-refractivity contribution in [2.24, 2.45) is 5.92 Å². The van der Waals surface area contributed by atoms with Crippen LogP contribution in [0.1, 0.15) is 46.4 Å². The number of fused-ring (bicyclic) bond motifs is 1. The predicted octanol–water partition coefficient (Wildman–Crippen LogP) is 4.76. The van der Waals surface area contributed by atoms with Crippen LogP contribution in [0.4, 0.5) is 11.5 Å². The molecule has 0 fully saturated rings. The van der Waals surface area contributed by atoms with E-state index in [9.17, 15) is 9.59 Å². The second-order valence-corrected chi connectivity index (χ2v) is 7.71. The molecule has 0 aliphatic carbocycles. The van der Waals surface area contributed by atoms with Crippen molar-refractivity contribution in [3.63, 3.8) is 0 Å². The van der Waals surface area contributed by atoms with Crippen LogP contribution in [0.2, 0.25) is 0 Å². The van der Waals surface area contributed by atoms with Gasteiger partial charge >= 0.3 is 5.97 Å². The lowest BCUT2D eigenvalue weighted by Gasteiger charge is -2.08. The minimum Gasteiger partial charge on any atom is -0.461 e. The van der Waals surface area contributed by atoms with Gasteiger partial charge in [0, 0.05) is 11.3 Å². The number of ether oxygens (including phenoxy) is 1. The van der Waals surface area contributed by atoms with Crippen molar-refractivity contribution in [3.8, 4) is 0 Å². The topological polar surface area (TPSA) is 81.2 Å². The Bertz CT molecular complexity index is 1010. The number of hydrogen-bond acceptors (Lipinski definition) is 7. The number of aromatic nitrogens is 2. The van der Waals surface area contributed by atoms with E-state index >= 15 is 0 Å². The van der Waals surface area contributed by atoms with Gasteiger partial charge in [0.2, 0.25) is 0 Å². The number of hydrogen-bond donors (Lipinski definition) is 1. The van der Waals surface area contributed by atoms with Crippen LogP contribution in [0, 0.1) is 12.8 Å². The van der Waals surface area contributed by atoms with Gasteiger partial charge in [0.05, 0.1) is 12.0 Å². The molecular formula is C20H21N3O3S. The number of Topliss-reactive ketones (excluding diaryl/α,β-unsaturated/α-hetero) is 1. The van der Waals surface area contributed by atoms with Crippen LogP contribution >= 0.6 is 11.3 Å². The number of rotatable bonds is 6. The third-order valence-electron chi connectivity index (χ3n) is 3.99. The summed E-state index contributed by atoms with van der Waals surface area (Å²) in [5.74, 6) is 0.522. The van der Waals surface area contributed by atoms with Crippen molar-refractivity contribution in [1.82, 2.24) is 9.97 Å². The minimum absolute atomic E-state index is 0.00613. The van der Waals surface area contributed by atoms with Gasteiger partial charge in [-0.05, 0) is 37.5 Å². The van der Waals surface area contributed by atoms with Crippen LogP contribution in [0.3, 0.4) is 0 Å². The first-order valence-corrected chi connectivity index (χ1v) is 9.47. The van der Waals surface area contributed by atoms with E-state index < -0.39 is 0 Å². The maximum absolute atomic E-state index is 12.4. The number of ketones is 1. The lowest BCUT2D eigenvalue weighted by Crippen LogP contribution is -2.09. The fourth-order valence-electron chi connectivity index (χ4n) is 2.62. The molecule has 1 N–H and O–H groups in total. The molecule has 0 radical (unpaired) electrons. The Morgan fingerprint density at radius 2 is 2.04 bits per heavy atom. The Morgan fingerprint density at radius 1 is 1.26 bits per heavy atom. The first kappa shape index (κ1) is 19.0. The van der Waals surface area contributed by atoms with E-state index in [0.717, 1.165) is 16.6 Å². The van der Waals surface area contributed by atoms with Crippen LogP contribution < -0.4 is 5.32 Å². The number of nitrogens with zero attached hydrogens (tertiary/aromatic N) is 2. The Labute approximate surface area is 161 Å². The zero-order valence-corrected chi connectivity index (χ0v) is 16.5. The van der Waals surface area contributed by atoms with Crippen molar-refractivity contribution >= 4 is 44.8 Å². The van der Waals surface area contributed by atoms with Gasteiger partial charge in [-0.15, -0.1) is 11.3 Å². The number of esters is 1. The maximum atomic E-state index is 12.4. The predicted molar refractivity (Wildman–Crippen MR) is 107 cm³/mol. The summed E-state index contributed by atoms with van der Waals surface area (Å²) in [5, 5.41) is 4.02. The van der Waals surface area contributed by atoms with E-state index in [0.29, 0.717) is 27.7 Å². The van der Waals surface area contributed by atoms with Gasteiger partial charge in [-0.3, -0.25) is 4.79 Å². The molecule has 2 heterocycles. The molecule has 6 nitrogen and oxygen atoms in total. The van der Waals surface area contributed by atoms with E-state index in [2.05, 4.69) is 15.3 Å². The molecule has 0 unspecified atom stereocenters. The fourth-order valence-corrected chi connectivity index (χ4v) is 3.66. The van der Waals surface area contributed by atoms with E-state index in [-0.39, 0.29) is 17.7 Å². The number of benzene rings is 1. The lowest BCUT2D eigenvalue weighted by molar-refractivity contribution is 0.0464. The van der Waals surface area contributed by atoms with Crippen molar-refractivity contribution < 1.29 is 14.3 Å². The Morgan fingerprint density at radius 3 is 2.74 bits per heavy atom. The summed E-state index contributed by atoms with van der Waals surface area (Å²) in [6, 6.07) is 7.21. The number of thiophene rings is 1. The highest BCUT2D eigenvalue weighted by Gasteiger charge is 2.20. The van der Waals surface area contributed by atoms with E-state index in [1.165, 1.54) is 24.6 Å². The molecule has 0 aliphatic rings. The number of anilines is 2. The van der Waals surface area contributed by atoms with Crippen LogP contribution in [-0.4, -0.2) is 28.3 Å². The summed E-state index contributed by atoms with van der Waals surface area (Å²) in [6.07, 6.45) is 1.46. The van der Waals surface area contributed by atoms with Crippen molar-refractivity contribution in [3.05, 3.63) is 46.6 Å². The molecule has 0 atom stereocenters. The molecule has 7 heteroatoms. The summed E-state index contributed by atoms with van der Waals surface area (Å²) in [7, 11) is 0. The molecule has 0 saturated heterocycles. The van der Waals surface area contributed by atoms with E-state index in [1.807, 2.05) is 32.9 Å². The Hall–Kier alpha value is -2.80. The average molecular weight is 383 g/mol. The normalized spacial score (nSPS) is 11.0. The first-order valence-electron chi connectivity index (χ1n) is 8.66. The summed E-state index contributed by atoms with van der Waals surface area (Å²) in [4.78, 5) is 33.9. The minimum atomic E-state index is -0.339. The monoisotopic (exact) mass is 383 g/mol. The molecule has 0 bridgehead atoms.